The summed E-state index contributed by atoms with van der Waals surface area (Å²) >= 11 is 0. The van der Waals surface area contributed by atoms with Gasteiger partial charge in [-0.3, -0.25) is 0 Å². The summed E-state index contributed by atoms with van der Waals surface area (Å²) in [6.07, 6.45) is 7.92. The highest BCUT2D eigenvalue weighted by Gasteiger charge is 2.04. The highest BCUT2D eigenvalue weighted by atomic mass is 16.3. The highest BCUT2D eigenvalue weighted by Crippen LogP contribution is 2.15. The molecule has 0 radical (unpaired) electrons. The zero-order chi connectivity index (χ0) is 9.94. The number of hydrogen-bond donors (Lipinski definition) is 2. The molecule has 0 spiro atoms. The molecule has 0 aliphatic rings. The van der Waals surface area contributed by atoms with Crippen molar-refractivity contribution in [3.8, 4) is 0 Å². The van der Waals surface area contributed by atoms with Crippen LogP contribution >= 0.6 is 0 Å². The molecule has 0 bridgehead atoms. The van der Waals surface area contributed by atoms with Crippen LogP contribution in [0.3, 0.4) is 0 Å². The summed E-state index contributed by atoms with van der Waals surface area (Å²) in [5, 5.41) is 17.6. The van der Waals surface area contributed by atoms with Gasteiger partial charge in [0, 0.05) is 13.2 Å². The average Bonchev–Trinajstić information content (AvgIpc) is 2.16. The van der Waals surface area contributed by atoms with Crippen molar-refractivity contribution >= 4 is 0 Å². The van der Waals surface area contributed by atoms with Crippen LogP contribution in [-0.2, 0) is 0 Å². The molecule has 0 saturated carbocycles. The van der Waals surface area contributed by atoms with E-state index in [1.165, 1.54) is 19.3 Å². The fraction of sp³-hybridized carbons (Fsp3) is 1.00. The SMILES string of the molecule is CCCC(CO)CCCCCCO. The van der Waals surface area contributed by atoms with Gasteiger partial charge in [-0.2, -0.15) is 0 Å². The minimum atomic E-state index is 0.318. The first-order valence-electron chi connectivity index (χ1n) is 5.56. The minimum absolute atomic E-state index is 0.318. The molecule has 0 aliphatic carbocycles. The standard InChI is InChI=1S/C11H24O2/c1-2-7-11(10-13)8-5-3-4-6-9-12/h11-13H,2-10H2,1H3. The molecule has 2 N–H and O–H groups in total. The van der Waals surface area contributed by atoms with Crippen LogP contribution < -0.4 is 0 Å². The van der Waals surface area contributed by atoms with Gasteiger partial charge in [0.15, 0.2) is 0 Å². The van der Waals surface area contributed by atoms with E-state index in [9.17, 15) is 0 Å². The van der Waals surface area contributed by atoms with Gasteiger partial charge in [-0.15, -0.1) is 0 Å². The maximum Gasteiger partial charge on any atom is 0.0459 e. The van der Waals surface area contributed by atoms with Gasteiger partial charge in [0.2, 0.25) is 0 Å². The molecule has 0 rings (SSSR count). The first kappa shape index (κ1) is 12.9. The summed E-state index contributed by atoms with van der Waals surface area (Å²) in [5.41, 5.74) is 0. The molecular weight excluding hydrogens is 164 g/mol. The van der Waals surface area contributed by atoms with Crippen LogP contribution in [0.2, 0.25) is 0 Å². The maximum absolute atomic E-state index is 9.02. The number of hydrogen-bond acceptors (Lipinski definition) is 2. The molecule has 1 unspecified atom stereocenters. The lowest BCUT2D eigenvalue weighted by atomic mass is 9.97. The van der Waals surface area contributed by atoms with Gasteiger partial charge in [-0.25, -0.2) is 0 Å². The Hall–Kier alpha value is -0.0800. The molecular formula is C11H24O2. The van der Waals surface area contributed by atoms with E-state index in [0.29, 0.717) is 19.1 Å². The lowest BCUT2D eigenvalue weighted by molar-refractivity contribution is 0.206. The van der Waals surface area contributed by atoms with E-state index in [2.05, 4.69) is 6.92 Å². The fourth-order valence-corrected chi connectivity index (χ4v) is 1.63. The summed E-state index contributed by atoms with van der Waals surface area (Å²) in [6.45, 7) is 2.82. The van der Waals surface area contributed by atoms with Gasteiger partial charge >= 0.3 is 0 Å². The predicted molar refractivity (Wildman–Crippen MR) is 55.7 cm³/mol. The molecule has 2 nitrogen and oxygen atoms in total. The van der Waals surface area contributed by atoms with E-state index >= 15 is 0 Å². The van der Waals surface area contributed by atoms with Crippen LogP contribution in [0.5, 0.6) is 0 Å². The van der Waals surface area contributed by atoms with Crippen molar-refractivity contribution in [1.29, 1.82) is 0 Å². The van der Waals surface area contributed by atoms with E-state index in [-0.39, 0.29) is 0 Å². The molecule has 1 atom stereocenters. The Morgan fingerprint density at radius 1 is 0.923 bits per heavy atom. The van der Waals surface area contributed by atoms with Crippen molar-refractivity contribution in [2.75, 3.05) is 13.2 Å². The molecule has 0 heterocycles. The number of aliphatic hydroxyl groups excluding tert-OH is 2. The van der Waals surface area contributed by atoms with Crippen LogP contribution in [0.4, 0.5) is 0 Å². The summed E-state index contributed by atoms with van der Waals surface area (Å²) in [7, 11) is 0. The van der Waals surface area contributed by atoms with Gasteiger partial charge in [0.25, 0.3) is 0 Å². The van der Waals surface area contributed by atoms with Crippen molar-refractivity contribution in [1.82, 2.24) is 0 Å². The van der Waals surface area contributed by atoms with Crippen molar-refractivity contribution in [2.45, 2.75) is 51.9 Å². The largest absolute Gasteiger partial charge is 0.396 e. The molecule has 0 saturated heterocycles. The number of rotatable bonds is 9. The van der Waals surface area contributed by atoms with Crippen LogP contribution in [0.1, 0.15) is 51.9 Å². The Morgan fingerprint density at radius 3 is 2.15 bits per heavy atom. The van der Waals surface area contributed by atoms with Crippen molar-refractivity contribution in [3.05, 3.63) is 0 Å². The molecule has 0 aromatic rings. The summed E-state index contributed by atoms with van der Waals surface area (Å²) in [4.78, 5) is 0. The third-order valence-electron chi connectivity index (χ3n) is 2.48. The van der Waals surface area contributed by atoms with Gasteiger partial charge in [0.05, 0.1) is 0 Å². The number of unbranched alkanes of at least 4 members (excludes halogenated alkanes) is 3. The molecule has 0 aromatic carbocycles. The Balaban J connectivity index is 3.17. The topological polar surface area (TPSA) is 40.5 Å². The Kier molecular flexibility index (Phi) is 9.94. The average molecular weight is 188 g/mol. The Labute approximate surface area is 82.0 Å². The van der Waals surface area contributed by atoms with Crippen LogP contribution in [0.25, 0.3) is 0 Å². The Bertz CT molecular complexity index is 94.1. The second kappa shape index (κ2) is 10.0. The van der Waals surface area contributed by atoms with Gasteiger partial charge in [0.1, 0.15) is 0 Å². The van der Waals surface area contributed by atoms with Crippen molar-refractivity contribution < 1.29 is 10.2 Å². The molecule has 0 aromatic heterocycles. The fourth-order valence-electron chi connectivity index (χ4n) is 1.63. The molecule has 0 fully saturated rings. The summed E-state index contributed by atoms with van der Waals surface area (Å²) in [5.74, 6) is 0.513. The second-order valence-electron chi connectivity index (χ2n) is 3.76. The monoisotopic (exact) mass is 188 g/mol. The van der Waals surface area contributed by atoms with E-state index in [1.54, 1.807) is 0 Å². The molecule has 13 heavy (non-hydrogen) atoms. The first-order chi connectivity index (χ1) is 6.35. The lowest BCUT2D eigenvalue weighted by Gasteiger charge is -2.11. The molecule has 0 amide bonds. The lowest BCUT2D eigenvalue weighted by Crippen LogP contribution is -2.05. The quantitative estimate of drug-likeness (QED) is 0.545. The zero-order valence-electron chi connectivity index (χ0n) is 8.84. The zero-order valence-corrected chi connectivity index (χ0v) is 8.84. The molecule has 80 valence electrons. The van der Waals surface area contributed by atoms with Crippen molar-refractivity contribution in [3.63, 3.8) is 0 Å². The van der Waals surface area contributed by atoms with Gasteiger partial charge < -0.3 is 10.2 Å². The minimum Gasteiger partial charge on any atom is -0.396 e. The third-order valence-corrected chi connectivity index (χ3v) is 2.48. The predicted octanol–water partition coefficient (Wildman–Crippen LogP) is 2.34. The third kappa shape index (κ3) is 8.26. The van der Waals surface area contributed by atoms with Gasteiger partial charge in [-0.05, 0) is 25.2 Å². The molecule has 2 heteroatoms. The summed E-state index contributed by atoms with van der Waals surface area (Å²) < 4.78 is 0. The second-order valence-corrected chi connectivity index (χ2v) is 3.76. The Morgan fingerprint density at radius 2 is 1.62 bits per heavy atom. The van der Waals surface area contributed by atoms with E-state index in [0.717, 1.165) is 25.7 Å². The van der Waals surface area contributed by atoms with E-state index in [1.807, 2.05) is 0 Å². The van der Waals surface area contributed by atoms with E-state index < -0.39 is 0 Å². The van der Waals surface area contributed by atoms with Crippen LogP contribution in [-0.4, -0.2) is 23.4 Å². The highest BCUT2D eigenvalue weighted by molar-refractivity contribution is 4.57. The normalized spacial score (nSPS) is 13.2. The van der Waals surface area contributed by atoms with Crippen molar-refractivity contribution in [2.24, 2.45) is 5.92 Å². The van der Waals surface area contributed by atoms with Gasteiger partial charge in [-0.1, -0.05) is 32.6 Å². The van der Waals surface area contributed by atoms with E-state index in [4.69, 9.17) is 10.2 Å². The smallest absolute Gasteiger partial charge is 0.0459 e. The summed E-state index contributed by atoms with van der Waals surface area (Å²) in [6, 6.07) is 0. The maximum atomic E-state index is 9.02. The first-order valence-corrected chi connectivity index (χ1v) is 5.56. The number of aliphatic hydroxyl groups is 2. The van der Waals surface area contributed by atoms with Crippen LogP contribution in [0, 0.1) is 5.92 Å². The molecule has 0 aliphatic heterocycles. The van der Waals surface area contributed by atoms with Crippen LogP contribution in [0.15, 0.2) is 0 Å².